The van der Waals surface area contributed by atoms with E-state index in [4.69, 9.17) is 9.47 Å². The van der Waals surface area contributed by atoms with Gasteiger partial charge in [-0.1, -0.05) is 18.2 Å². The molecule has 1 aromatic heterocycles. The molecular weight excluding hydrogens is 348 g/mol. The number of anilines is 2. The number of nitrogens with one attached hydrogen (secondary N) is 2. The Hall–Kier alpha value is -3.39. The van der Waals surface area contributed by atoms with E-state index in [0.29, 0.717) is 22.8 Å². The van der Waals surface area contributed by atoms with Gasteiger partial charge in [0.05, 0.1) is 18.3 Å². The number of methoxy groups -OCH3 is 2. The second-order valence-corrected chi connectivity index (χ2v) is 5.84. The van der Waals surface area contributed by atoms with Gasteiger partial charge in [0, 0.05) is 25.2 Å². The zero-order valence-electron chi connectivity index (χ0n) is 15.3. The van der Waals surface area contributed by atoms with Crippen molar-refractivity contribution in [2.75, 3.05) is 31.5 Å². The van der Waals surface area contributed by atoms with Crippen molar-refractivity contribution in [3.63, 3.8) is 0 Å². The molecule has 2 amide bonds. The highest BCUT2D eigenvalue weighted by Gasteiger charge is 2.17. The maximum Gasteiger partial charge on any atom is 0.276 e. The minimum atomic E-state index is -0.342. The number of fused-ring (bicyclic) bond motifs is 1. The van der Waals surface area contributed by atoms with Gasteiger partial charge >= 0.3 is 0 Å². The van der Waals surface area contributed by atoms with Gasteiger partial charge < -0.3 is 20.1 Å². The number of nitrogens with zero attached hydrogens (tertiary/aromatic N) is 2. The quantitative estimate of drug-likeness (QED) is 0.697. The number of hydrogen-bond acceptors (Lipinski definition) is 5. The van der Waals surface area contributed by atoms with E-state index in [1.165, 1.54) is 14.2 Å². The standard InChI is InChI=1S/C19H20N4O4/c1-23-15-7-5-4-6-13(15)18(22-23)19(25)20-12-8-9-16(27-3)14(10-12)21-17(24)11-26-2/h4-10H,11H2,1-3H3,(H,20,25)(H,21,24). The summed E-state index contributed by atoms with van der Waals surface area (Å²) in [4.78, 5) is 24.5. The van der Waals surface area contributed by atoms with Crippen molar-refractivity contribution in [1.29, 1.82) is 0 Å². The lowest BCUT2D eigenvalue weighted by Gasteiger charge is -2.12. The molecule has 0 aliphatic rings. The predicted octanol–water partition coefficient (Wildman–Crippen LogP) is 2.42. The van der Waals surface area contributed by atoms with Crippen molar-refractivity contribution >= 4 is 34.1 Å². The number of amides is 2. The van der Waals surface area contributed by atoms with Crippen LogP contribution in [0.3, 0.4) is 0 Å². The fourth-order valence-corrected chi connectivity index (χ4v) is 2.77. The molecule has 0 saturated heterocycles. The molecule has 8 heteroatoms. The first-order valence-electron chi connectivity index (χ1n) is 8.23. The van der Waals surface area contributed by atoms with Crippen molar-refractivity contribution in [2.45, 2.75) is 0 Å². The molecule has 0 atom stereocenters. The van der Waals surface area contributed by atoms with Gasteiger partial charge in [-0.3, -0.25) is 14.3 Å². The monoisotopic (exact) mass is 368 g/mol. The average Bonchev–Trinajstić information content (AvgIpc) is 2.99. The van der Waals surface area contributed by atoms with Gasteiger partial charge in [-0.15, -0.1) is 0 Å². The lowest BCUT2D eigenvalue weighted by Crippen LogP contribution is -2.18. The Morgan fingerprint density at radius 3 is 2.63 bits per heavy atom. The molecule has 2 aromatic carbocycles. The van der Waals surface area contributed by atoms with Gasteiger partial charge in [0.25, 0.3) is 5.91 Å². The van der Waals surface area contributed by atoms with Crippen molar-refractivity contribution in [3.05, 3.63) is 48.2 Å². The molecule has 3 rings (SSSR count). The normalized spacial score (nSPS) is 10.6. The fraction of sp³-hybridized carbons (Fsp3) is 0.211. The van der Waals surface area contributed by atoms with Crippen LogP contribution in [0.2, 0.25) is 0 Å². The molecule has 0 unspecified atom stereocenters. The summed E-state index contributed by atoms with van der Waals surface area (Å²) < 4.78 is 11.7. The number of aryl methyl sites for hydroxylation is 1. The predicted molar refractivity (Wildman–Crippen MR) is 102 cm³/mol. The number of hydrogen-bond donors (Lipinski definition) is 2. The van der Waals surface area contributed by atoms with Crippen LogP contribution in [0.5, 0.6) is 5.75 Å². The first-order valence-corrected chi connectivity index (χ1v) is 8.23. The molecule has 3 aromatic rings. The van der Waals surface area contributed by atoms with Crippen LogP contribution in [0.15, 0.2) is 42.5 Å². The van der Waals surface area contributed by atoms with Gasteiger partial charge in [0.15, 0.2) is 5.69 Å². The SMILES string of the molecule is COCC(=O)Nc1cc(NC(=O)c2nn(C)c3ccccc23)ccc1OC. The second-order valence-electron chi connectivity index (χ2n) is 5.84. The summed E-state index contributed by atoms with van der Waals surface area (Å²) >= 11 is 0. The summed E-state index contributed by atoms with van der Waals surface area (Å²) in [5.74, 6) is -0.193. The van der Waals surface area contributed by atoms with E-state index in [1.54, 1.807) is 29.9 Å². The number of carbonyl (C=O) groups is 2. The number of carbonyl (C=O) groups excluding carboxylic acids is 2. The first-order chi connectivity index (χ1) is 13.0. The third-order valence-electron chi connectivity index (χ3n) is 3.98. The van der Waals surface area contributed by atoms with E-state index in [9.17, 15) is 9.59 Å². The van der Waals surface area contributed by atoms with Gasteiger partial charge in [0.1, 0.15) is 12.4 Å². The Balaban J connectivity index is 1.86. The number of rotatable bonds is 6. The third-order valence-corrected chi connectivity index (χ3v) is 3.98. The van der Waals surface area contributed by atoms with Crippen LogP contribution in [-0.2, 0) is 16.6 Å². The van der Waals surface area contributed by atoms with Gasteiger partial charge in [-0.05, 0) is 24.3 Å². The Morgan fingerprint density at radius 1 is 1.11 bits per heavy atom. The molecule has 8 nitrogen and oxygen atoms in total. The average molecular weight is 368 g/mol. The Kier molecular flexibility index (Phi) is 5.37. The van der Waals surface area contributed by atoms with Crippen molar-refractivity contribution in [2.24, 2.45) is 7.05 Å². The maximum absolute atomic E-state index is 12.7. The highest BCUT2D eigenvalue weighted by molar-refractivity contribution is 6.11. The topological polar surface area (TPSA) is 94.5 Å². The van der Waals surface area contributed by atoms with E-state index in [0.717, 1.165) is 10.9 Å². The molecule has 140 valence electrons. The number of para-hydroxylation sites is 1. The minimum absolute atomic E-state index is 0.0837. The van der Waals surface area contributed by atoms with Crippen LogP contribution in [0.25, 0.3) is 10.9 Å². The smallest absolute Gasteiger partial charge is 0.276 e. The molecule has 0 aliphatic carbocycles. The van der Waals surface area contributed by atoms with Crippen LogP contribution in [-0.4, -0.2) is 42.4 Å². The lowest BCUT2D eigenvalue weighted by molar-refractivity contribution is -0.119. The highest BCUT2D eigenvalue weighted by atomic mass is 16.5. The molecule has 2 N–H and O–H groups in total. The Labute approximate surface area is 156 Å². The Morgan fingerprint density at radius 2 is 1.89 bits per heavy atom. The van der Waals surface area contributed by atoms with Gasteiger partial charge in [-0.2, -0.15) is 5.10 Å². The molecule has 0 radical (unpaired) electrons. The van der Waals surface area contributed by atoms with Gasteiger partial charge in [-0.25, -0.2) is 0 Å². The Bertz CT molecular complexity index is 997. The zero-order valence-corrected chi connectivity index (χ0v) is 15.3. The maximum atomic E-state index is 12.7. The van der Waals surface area contributed by atoms with Crippen molar-refractivity contribution in [3.8, 4) is 5.75 Å². The third kappa shape index (κ3) is 3.90. The number of benzene rings is 2. The van der Waals surface area contributed by atoms with E-state index in [-0.39, 0.29) is 18.4 Å². The first kappa shape index (κ1) is 18.4. The largest absolute Gasteiger partial charge is 0.495 e. The minimum Gasteiger partial charge on any atom is -0.495 e. The lowest BCUT2D eigenvalue weighted by atomic mass is 10.2. The molecule has 0 saturated carbocycles. The number of ether oxygens (including phenoxy) is 2. The summed E-state index contributed by atoms with van der Waals surface area (Å²) in [5, 5.41) is 10.6. The van der Waals surface area contributed by atoms with Crippen LogP contribution in [0.4, 0.5) is 11.4 Å². The van der Waals surface area contributed by atoms with Crippen LogP contribution in [0, 0.1) is 0 Å². The zero-order chi connectivity index (χ0) is 19.4. The summed E-state index contributed by atoms with van der Waals surface area (Å²) in [6.45, 7) is -0.0837. The van der Waals surface area contributed by atoms with Crippen molar-refractivity contribution in [1.82, 2.24) is 9.78 Å². The molecule has 0 bridgehead atoms. The molecule has 0 aliphatic heterocycles. The summed E-state index contributed by atoms with van der Waals surface area (Å²) in [6, 6.07) is 12.5. The van der Waals surface area contributed by atoms with E-state index < -0.39 is 0 Å². The molecule has 27 heavy (non-hydrogen) atoms. The van der Waals surface area contributed by atoms with Gasteiger partial charge in [0.2, 0.25) is 5.91 Å². The number of aromatic nitrogens is 2. The van der Waals surface area contributed by atoms with E-state index >= 15 is 0 Å². The molecule has 0 fully saturated rings. The fourth-order valence-electron chi connectivity index (χ4n) is 2.77. The molecular formula is C19H20N4O4. The summed E-state index contributed by atoms with van der Waals surface area (Å²) in [7, 11) is 4.72. The molecule has 1 heterocycles. The summed E-state index contributed by atoms with van der Waals surface area (Å²) in [5.41, 5.74) is 2.13. The van der Waals surface area contributed by atoms with E-state index in [2.05, 4.69) is 15.7 Å². The van der Waals surface area contributed by atoms with E-state index in [1.807, 2.05) is 24.3 Å². The van der Waals surface area contributed by atoms with Crippen LogP contribution < -0.4 is 15.4 Å². The van der Waals surface area contributed by atoms with Crippen molar-refractivity contribution < 1.29 is 19.1 Å². The summed E-state index contributed by atoms with van der Waals surface area (Å²) in [6.07, 6.45) is 0. The van der Waals surface area contributed by atoms with Crippen LogP contribution in [0.1, 0.15) is 10.5 Å². The second kappa shape index (κ2) is 7.88. The molecule has 0 spiro atoms. The highest BCUT2D eigenvalue weighted by Crippen LogP contribution is 2.28. The van der Waals surface area contributed by atoms with Crippen LogP contribution >= 0.6 is 0 Å².